The van der Waals surface area contributed by atoms with Crippen LogP contribution in [0.3, 0.4) is 0 Å². The Hall–Kier alpha value is -1.58. The number of amides is 1. The van der Waals surface area contributed by atoms with Crippen molar-refractivity contribution >= 4 is 23.2 Å². The molecule has 1 aromatic carbocycles. The van der Waals surface area contributed by atoms with Crippen LogP contribution in [0.25, 0.3) is 10.4 Å². The number of aromatic nitrogens is 1. The van der Waals surface area contributed by atoms with Gasteiger partial charge < -0.3 is 26.2 Å². The summed E-state index contributed by atoms with van der Waals surface area (Å²) < 4.78 is 34.3. The number of anilines is 1. The minimum absolute atomic E-state index is 0. The highest BCUT2D eigenvalue weighted by atomic mass is 79.9. The number of ether oxygens (including phenoxy) is 1. The smallest absolute Gasteiger partial charge is 0.413 e. The first-order valence-electron chi connectivity index (χ1n) is 8.61. The second-order valence-corrected chi connectivity index (χ2v) is 8.25. The van der Waals surface area contributed by atoms with E-state index in [0.717, 1.165) is 72.9 Å². The maximum absolute atomic E-state index is 14.0. The molecule has 2 bridgehead atoms. The third-order valence-corrected chi connectivity index (χ3v) is 6.45. The van der Waals surface area contributed by atoms with Gasteiger partial charge in [0.1, 0.15) is 17.2 Å². The lowest BCUT2D eigenvalue weighted by Crippen LogP contribution is -3.00. The monoisotopic (exact) mass is 459 g/mol. The maximum atomic E-state index is 14.0. The van der Waals surface area contributed by atoms with Crippen LogP contribution >= 0.6 is 11.3 Å². The van der Waals surface area contributed by atoms with Gasteiger partial charge in [-0.25, -0.2) is 18.6 Å². The van der Waals surface area contributed by atoms with Crippen LogP contribution < -0.4 is 22.3 Å². The first-order chi connectivity index (χ1) is 12.4. The second-order valence-electron chi connectivity index (χ2n) is 7.39. The average Bonchev–Trinajstić information content (AvgIpc) is 3.06. The predicted octanol–water partition coefficient (Wildman–Crippen LogP) is 1.02. The van der Waals surface area contributed by atoms with E-state index in [0.29, 0.717) is 4.88 Å². The number of carbonyl (C=O) groups is 1. The zero-order chi connectivity index (χ0) is 18.4. The van der Waals surface area contributed by atoms with E-state index in [1.807, 2.05) is 0 Å². The molecule has 5 nitrogen and oxygen atoms in total. The molecule has 2 aromatic rings. The topological polar surface area (TPSA) is 51.2 Å². The van der Waals surface area contributed by atoms with Gasteiger partial charge in [-0.05, 0) is 18.2 Å². The molecule has 1 aromatic heterocycles. The average molecular weight is 460 g/mol. The Bertz CT molecular complexity index is 836. The third-order valence-electron chi connectivity index (χ3n) is 5.59. The van der Waals surface area contributed by atoms with Gasteiger partial charge in [0.05, 0.1) is 37.1 Å². The molecule has 3 saturated heterocycles. The molecule has 27 heavy (non-hydrogen) atoms. The molecule has 0 unspecified atom stereocenters. The summed E-state index contributed by atoms with van der Waals surface area (Å²) in [5, 5.41) is 2.61. The Morgan fingerprint density at radius 3 is 2.59 bits per heavy atom. The van der Waals surface area contributed by atoms with Crippen molar-refractivity contribution in [1.29, 1.82) is 0 Å². The largest absolute Gasteiger partial charge is 1.00 e. The zero-order valence-electron chi connectivity index (χ0n) is 14.8. The van der Waals surface area contributed by atoms with Gasteiger partial charge in [-0.3, -0.25) is 5.32 Å². The summed E-state index contributed by atoms with van der Waals surface area (Å²) in [4.78, 5) is 16.9. The molecule has 3 fully saturated rings. The van der Waals surface area contributed by atoms with E-state index >= 15 is 0 Å². The van der Waals surface area contributed by atoms with Crippen molar-refractivity contribution in [3.8, 4) is 10.4 Å². The number of thiazole rings is 1. The van der Waals surface area contributed by atoms with Crippen molar-refractivity contribution in [1.82, 2.24) is 4.98 Å². The van der Waals surface area contributed by atoms with Gasteiger partial charge in [0, 0.05) is 24.8 Å². The number of fused-ring (bicyclic) bond motifs is 3. The van der Waals surface area contributed by atoms with Gasteiger partial charge >= 0.3 is 6.09 Å². The van der Waals surface area contributed by atoms with Crippen molar-refractivity contribution in [3.63, 3.8) is 0 Å². The van der Waals surface area contributed by atoms with E-state index in [4.69, 9.17) is 4.74 Å². The van der Waals surface area contributed by atoms with Gasteiger partial charge in [-0.1, -0.05) is 0 Å². The Morgan fingerprint density at radius 2 is 1.93 bits per heavy atom. The summed E-state index contributed by atoms with van der Waals surface area (Å²) in [5.74, 6) is -0.928. The minimum atomic E-state index is -0.591. The molecule has 0 radical (unpaired) electrons. The Kier molecular flexibility index (Phi) is 5.56. The second kappa shape index (κ2) is 7.44. The standard InChI is InChI=1S/C18H19F2N3O2S.BrH/c1-23-7-4-18(5-8-23,6-9-23)25-17(24)22-16-15(26-11-21-16)13-10-12(19)2-3-14(13)20;/h2-3,10-11H,4-9H2,1H3;1H. The van der Waals surface area contributed by atoms with E-state index in [9.17, 15) is 13.6 Å². The summed E-state index contributed by atoms with van der Waals surface area (Å²) in [6, 6.07) is 3.21. The van der Waals surface area contributed by atoms with E-state index in [2.05, 4.69) is 17.3 Å². The number of hydrogen-bond donors (Lipinski definition) is 1. The molecule has 3 aliphatic heterocycles. The van der Waals surface area contributed by atoms with Crippen LogP contribution in [0.2, 0.25) is 0 Å². The van der Waals surface area contributed by atoms with Crippen LogP contribution in [-0.2, 0) is 4.74 Å². The molecule has 1 N–H and O–H groups in total. The molecule has 1 amide bonds. The van der Waals surface area contributed by atoms with Crippen LogP contribution in [0.15, 0.2) is 23.7 Å². The minimum Gasteiger partial charge on any atom is -1.00 e. The molecule has 0 saturated carbocycles. The summed E-state index contributed by atoms with van der Waals surface area (Å²) in [5.41, 5.74) is 1.14. The highest BCUT2D eigenvalue weighted by Crippen LogP contribution is 2.39. The molecule has 9 heteroatoms. The fourth-order valence-electron chi connectivity index (χ4n) is 3.80. The number of nitrogens with zero attached hydrogens (tertiary/aromatic N) is 2. The van der Waals surface area contributed by atoms with E-state index < -0.39 is 23.3 Å². The zero-order valence-corrected chi connectivity index (χ0v) is 17.2. The first kappa shape index (κ1) is 20.2. The van der Waals surface area contributed by atoms with Crippen LogP contribution in [0, 0.1) is 11.6 Å². The molecule has 0 aliphatic carbocycles. The molecule has 0 spiro atoms. The van der Waals surface area contributed by atoms with Crippen LogP contribution in [0.1, 0.15) is 19.3 Å². The molecular weight excluding hydrogens is 440 g/mol. The molecule has 4 heterocycles. The number of carbonyl (C=O) groups excluding carboxylic acids is 1. The van der Waals surface area contributed by atoms with Crippen LogP contribution in [-0.4, -0.2) is 47.8 Å². The van der Waals surface area contributed by atoms with Gasteiger partial charge in [0.2, 0.25) is 0 Å². The third kappa shape index (κ3) is 4.00. The lowest BCUT2D eigenvalue weighted by Gasteiger charge is -2.51. The Balaban J connectivity index is 0.00000210. The number of halogens is 3. The van der Waals surface area contributed by atoms with E-state index in [-0.39, 0.29) is 28.4 Å². The van der Waals surface area contributed by atoms with Gasteiger partial charge in [0.15, 0.2) is 5.82 Å². The van der Waals surface area contributed by atoms with Crippen LogP contribution in [0.5, 0.6) is 0 Å². The Labute approximate surface area is 170 Å². The fourth-order valence-corrected chi connectivity index (χ4v) is 4.56. The van der Waals surface area contributed by atoms with Crippen molar-refractivity contribution in [2.24, 2.45) is 0 Å². The number of rotatable bonds is 3. The molecule has 5 rings (SSSR count). The number of benzene rings is 1. The molecule has 0 atom stereocenters. The van der Waals surface area contributed by atoms with E-state index in [1.165, 1.54) is 5.51 Å². The predicted molar refractivity (Wildman–Crippen MR) is 94.9 cm³/mol. The number of piperidine rings is 3. The molecule has 3 aliphatic rings. The van der Waals surface area contributed by atoms with Gasteiger partial charge in [0.25, 0.3) is 0 Å². The quantitative estimate of drug-likeness (QED) is 0.697. The molecular formula is C18H20BrF2N3O2S. The Morgan fingerprint density at radius 1 is 1.26 bits per heavy atom. The number of hydrogen-bond acceptors (Lipinski definition) is 4. The van der Waals surface area contributed by atoms with Crippen molar-refractivity contribution in [3.05, 3.63) is 35.3 Å². The van der Waals surface area contributed by atoms with E-state index in [1.54, 1.807) is 0 Å². The van der Waals surface area contributed by atoms with Crippen LogP contribution in [0.4, 0.5) is 19.4 Å². The normalized spacial score (nSPS) is 26.3. The summed E-state index contributed by atoms with van der Waals surface area (Å²) in [6.07, 6.45) is 1.95. The summed E-state index contributed by atoms with van der Waals surface area (Å²) >= 11 is 1.14. The highest BCUT2D eigenvalue weighted by Gasteiger charge is 2.49. The summed E-state index contributed by atoms with van der Waals surface area (Å²) in [6.45, 7) is 3.01. The maximum Gasteiger partial charge on any atom is 0.413 e. The van der Waals surface area contributed by atoms with Gasteiger partial charge in [-0.2, -0.15) is 0 Å². The lowest BCUT2D eigenvalue weighted by molar-refractivity contribution is -0.926. The summed E-state index contributed by atoms with van der Waals surface area (Å²) in [7, 11) is 2.23. The first-order valence-corrected chi connectivity index (χ1v) is 9.49. The number of quaternary nitrogens is 1. The van der Waals surface area contributed by atoms with Crippen molar-refractivity contribution in [2.45, 2.75) is 24.9 Å². The lowest BCUT2D eigenvalue weighted by atomic mass is 9.81. The van der Waals surface area contributed by atoms with Crippen molar-refractivity contribution in [2.75, 3.05) is 32.0 Å². The van der Waals surface area contributed by atoms with Crippen molar-refractivity contribution < 1.29 is 39.8 Å². The fraction of sp³-hybridized carbons (Fsp3) is 0.444. The molecule has 146 valence electrons. The SMILES string of the molecule is C[N+]12CCC(OC(=O)Nc3ncsc3-c3cc(F)ccc3F)(CC1)CC2.[Br-]. The van der Waals surface area contributed by atoms with Gasteiger partial charge in [-0.15, -0.1) is 11.3 Å². The number of nitrogens with one attached hydrogen (secondary N) is 1. The highest BCUT2D eigenvalue weighted by molar-refractivity contribution is 7.13.